The Hall–Kier alpha value is -3.31. The molecule has 0 saturated carbocycles. The molecule has 11 heteroatoms. The van der Waals surface area contributed by atoms with Crippen LogP contribution in [0.2, 0.25) is 0 Å². The molecule has 164 valence electrons. The standard InChI is InChI=1S/C21H18FN5O3S2/c1-13(27-8-7-17-18(22)3-2-4-19(17)27)20(28)26-10-14-5-6-16(9-15(14)11-26)32(29,30)25-21-23-12-24-31-21/h2-9,12-13H,10-11H2,1H3,(H,23,24,25). The Labute approximate surface area is 187 Å². The topological polar surface area (TPSA) is 97.2 Å². The van der Waals surface area contributed by atoms with Crippen molar-refractivity contribution in [2.45, 2.75) is 31.0 Å². The van der Waals surface area contributed by atoms with Crippen molar-refractivity contribution in [3.63, 3.8) is 0 Å². The van der Waals surface area contributed by atoms with E-state index in [1.807, 2.05) is 0 Å². The summed E-state index contributed by atoms with van der Waals surface area (Å²) in [7, 11) is -3.81. The molecular formula is C21H18FN5O3S2. The van der Waals surface area contributed by atoms with Crippen LogP contribution in [0.1, 0.15) is 24.1 Å². The maximum absolute atomic E-state index is 14.0. The van der Waals surface area contributed by atoms with Crippen molar-refractivity contribution >= 4 is 43.5 Å². The van der Waals surface area contributed by atoms with Gasteiger partial charge in [-0.15, -0.1) is 0 Å². The van der Waals surface area contributed by atoms with E-state index in [0.717, 1.165) is 22.7 Å². The molecule has 2 aromatic carbocycles. The molecule has 0 radical (unpaired) electrons. The number of hydrogen-bond donors (Lipinski definition) is 1. The van der Waals surface area contributed by atoms with Crippen LogP contribution in [0, 0.1) is 5.82 Å². The fourth-order valence-electron chi connectivity index (χ4n) is 3.96. The van der Waals surface area contributed by atoms with Gasteiger partial charge in [-0.3, -0.25) is 9.52 Å². The Bertz CT molecular complexity index is 1430. The smallest absolute Gasteiger partial charge is 0.263 e. The number of halogens is 1. The molecule has 3 heterocycles. The van der Waals surface area contributed by atoms with E-state index in [0.29, 0.717) is 24.0 Å². The lowest BCUT2D eigenvalue weighted by Crippen LogP contribution is -2.32. The molecule has 0 fully saturated rings. The number of aromatic nitrogens is 3. The lowest BCUT2D eigenvalue weighted by atomic mass is 10.1. The van der Waals surface area contributed by atoms with Gasteiger partial charge in [0.15, 0.2) is 0 Å². The van der Waals surface area contributed by atoms with E-state index in [1.165, 1.54) is 18.5 Å². The lowest BCUT2D eigenvalue weighted by molar-refractivity contribution is -0.134. The minimum atomic E-state index is -3.81. The molecule has 0 bridgehead atoms. The van der Waals surface area contributed by atoms with Crippen LogP contribution in [0.3, 0.4) is 0 Å². The number of fused-ring (bicyclic) bond motifs is 2. The molecule has 1 aliphatic heterocycles. The second-order valence-electron chi connectivity index (χ2n) is 7.55. The van der Waals surface area contributed by atoms with Crippen molar-refractivity contribution in [2.75, 3.05) is 4.72 Å². The van der Waals surface area contributed by atoms with Gasteiger partial charge >= 0.3 is 0 Å². The quantitative estimate of drug-likeness (QED) is 0.480. The Morgan fingerprint density at radius 3 is 2.78 bits per heavy atom. The van der Waals surface area contributed by atoms with Gasteiger partial charge in [-0.25, -0.2) is 17.8 Å². The molecule has 8 nitrogen and oxygen atoms in total. The van der Waals surface area contributed by atoms with Crippen molar-refractivity contribution in [3.8, 4) is 0 Å². The van der Waals surface area contributed by atoms with Crippen LogP contribution >= 0.6 is 11.5 Å². The highest BCUT2D eigenvalue weighted by molar-refractivity contribution is 7.93. The molecular weight excluding hydrogens is 453 g/mol. The third kappa shape index (κ3) is 3.53. The molecule has 2 aromatic heterocycles. The van der Waals surface area contributed by atoms with Crippen LogP contribution in [0.5, 0.6) is 0 Å². The van der Waals surface area contributed by atoms with E-state index in [-0.39, 0.29) is 21.8 Å². The zero-order valence-electron chi connectivity index (χ0n) is 16.9. The van der Waals surface area contributed by atoms with Crippen LogP contribution < -0.4 is 4.72 Å². The first-order valence-corrected chi connectivity index (χ1v) is 12.0. The molecule has 5 rings (SSSR count). The van der Waals surface area contributed by atoms with Crippen LogP contribution in [-0.4, -0.2) is 33.1 Å². The van der Waals surface area contributed by atoms with Crippen molar-refractivity contribution in [1.29, 1.82) is 0 Å². The predicted octanol–water partition coefficient (Wildman–Crippen LogP) is 3.54. The minimum Gasteiger partial charge on any atom is -0.335 e. The number of hydrogen-bond acceptors (Lipinski definition) is 6. The molecule has 1 atom stereocenters. The highest BCUT2D eigenvalue weighted by Gasteiger charge is 2.29. The molecule has 1 amide bonds. The summed E-state index contributed by atoms with van der Waals surface area (Å²) in [5.41, 5.74) is 2.32. The van der Waals surface area contributed by atoms with E-state index in [2.05, 4.69) is 14.1 Å². The fraction of sp³-hybridized carbons (Fsp3) is 0.190. The van der Waals surface area contributed by atoms with E-state index >= 15 is 0 Å². The largest absolute Gasteiger partial charge is 0.335 e. The summed E-state index contributed by atoms with van der Waals surface area (Å²) in [5.74, 6) is -0.454. The van der Waals surface area contributed by atoms with E-state index in [1.54, 1.807) is 52.9 Å². The van der Waals surface area contributed by atoms with Crippen LogP contribution in [0.15, 0.2) is 59.9 Å². The summed E-state index contributed by atoms with van der Waals surface area (Å²) >= 11 is 0.948. The summed E-state index contributed by atoms with van der Waals surface area (Å²) in [5, 5.41) is 0.654. The average molecular weight is 472 g/mol. The van der Waals surface area contributed by atoms with E-state index < -0.39 is 16.1 Å². The Balaban J connectivity index is 1.36. The SMILES string of the molecule is CC(C(=O)N1Cc2ccc(S(=O)(=O)Nc3ncns3)cc2C1)n1ccc2c(F)cccc21. The summed E-state index contributed by atoms with van der Waals surface area (Å²) < 4.78 is 47.3. The molecule has 1 unspecified atom stereocenters. The number of carbonyl (C=O) groups is 1. The number of amides is 1. The summed E-state index contributed by atoms with van der Waals surface area (Å²) in [6.45, 7) is 2.46. The molecule has 0 saturated heterocycles. The van der Waals surface area contributed by atoms with Gasteiger partial charge < -0.3 is 9.47 Å². The van der Waals surface area contributed by atoms with Crippen molar-refractivity contribution in [1.82, 2.24) is 18.8 Å². The number of nitrogens with zero attached hydrogens (tertiary/aromatic N) is 4. The van der Waals surface area contributed by atoms with Gasteiger partial charge in [0.1, 0.15) is 18.2 Å². The third-order valence-electron chi connectivity index (χ3n) is 5.59. The van der Waals surface area contributed by atoms with Crippen molar-refractivity contribution < 1.29 is 17.6 Å². The first-order chi connectivity index (χ1) is 15.3. The zero-order valence-corrected chi connectivity index (χ0v) is 18.5. The monoisotopic (exact) mass is 471 g/mol. The molecule has 1 aliphatic rings. The van der Waals surface area contributed by atoms with Gasteiger partial charge in [0.05, 0.1) is 10.4 Å². The number of anilines is 1. The number of nitrogens with one attached hydrogen (secondary N) is 1. The molecule has 32 heavy (non-hydrogen) atoms. The Morgan fingerprint density at radius 2 is 2.00 bits per heavy atom. The predicted molar refractivity (Wildman–Crippen MR) is 118 cm³/mol. The van der Waals surface area contributed by atoms with Crippen molar-refractivity contribution in [3.05, 3.63) is 71.9 Å². The van der Waals surface area contributed by atoms with Gasteiger partial charge in [0.25, 0.3) is 10.0 Å². The maximum Gasteiger partial charge on any atom is 0.263 e. The van der Waals surface area contributed by atoms with E-state index in [9.17, 15) is 17.6 Å². The second kappa shape index (κ2) is 7.68. The zero-order chi connectivity index (χ0) is 22.5. The first kappa shape index (κ1) is 20.6. The molecule has 4 aromatic rings. The third-order valence-corrected chi connectivity index (χ3v) is 7.64. The maximum atomic E-state index is 14.0. The Kier molecular flexibility index (Phi) is 4.94. The molecule has 0 aliphatic carbocycles. The normalized spacial score (nSPS) is 14.5. The van der Waals surface area contributed by atoms with Gasteiger partial charge in [-0.05, 0) is 48.4 Å². The number of sulfonamides is 1. The average Bonchev–Trinajstić information content (AvgIpc) is 3.51. The minimum absolute atomic E-state index is 0.0978. The lowest BCUT2D eigenvalue weighted by Gasteiger charge is -2.22. The summed E-state index contributed by atoms with van der Waals surface area (Å²) in [6.07, 6.45) is 2.99. The Morgan fingerprint density at radius 1 is 1.19 bits per heavy atom. The highest BCUT2D eigenvalue weighted by atomic mass is 32.2. The van der Waals surface area contributed by atoms with Crippen LogP contribution in [0.4, 0.5) is 9.52 Å². The van der Waals surface area contributed by atoms with Crippen molar-refractivity contribution in [2.24, 2.45) is 0 Å². The fourth-order valence-corrected chi connectivity index (χ4v) is 5.67. The van der Waals surface area contributed by atoms with Crippen LogP contribution in [0.25, 0.3) is 10.9 Å². The van der Waals surface area contributed by atoms with E-state index in [4.69, 9.17) is 0 Å². The highest BCUT2D eigenvalue weighted by Crippen LogP contribution is 2.30. The van der Waals surface area contributed by atoms with Gasteiger partial charge in [0.2, 0.25) is 11.0 Å². The van der Waals surface area contributed by atoms with Gasteiger partial charge in [0, 0.05) is 36.2 Å². The number of carbonyl (C=O) groups excluding carboxylic acids is 1. The van der Waals surface area contributed by atoms with Gasteiger partial charge in [-0.1, -0.05) is 12.1 Å². The molecule has 1 N–H and O–H groups in total. The number of rotatable bonds is 5. The second-order valence-corrected chi connectivity index (χ2v) is 10.0. The first-order valence-electron chi connectivity index (χ1n) is 9.78. The van der Waals surface area contributed by atoms with Gasteiger partial charge in [-0.2, -0.15) is 4.37 Å². The number of benzene rings is 2. The molecule has 0 spiro atoms. The van der Waals surface area contributed by atoms with Crippen LogP contribution in [-0.2, 0) is 27.9 Å². The summed E-state index contributed by atoms with van der Waals surface area (Å²) in [4.78, 5) is 18.8. The summed E-state index contributed by atoms with van der Waals surface area (Å²) in [6, 6.07) is 10.7.